The summed E-state index contributed by atoms with van der Waals surface area (Å²) in [5, 5.41) is 14.8. The first-order valence-corrected chi connectivity index (χ1v) is 6.77. The quantitative estimate of drug-likeness (QED) is 0.429. The lowest BCUT2D eigenvalue weighted by molar-refractivity contribution is -0.392. The number of hydrogen-bond acceptors (Lipinski definition) is 6. The fourth-order valence-electron chi connectivity index (χ4n) is 2.05. The number of carbonyl (C=O) groups is 1. The maximum absolute atomic E-state index is 11.6. The largest absolute Gasteiger partial charge is 0.461 e. The van der Waals surface area contributed by atoms with Crippen molar-refractivity contribution in [3.05, 3.63) is 40.1 Å². The summed E-state index contributed by atoms with van der Waals surface area (Å²) in [5.74, 6) is 0.0614. The van der Waals surface area contributed by atoms with Gasteiger partial charge in [0, 0.05) is 26.6 Å². The number of esters is 1. The summed E-state index contributed by atoms with van der Waals surface area (Å²) in [6.45, 7) is 1.95. The first-order valence-electron chi connectivity index (χ1n) is 6.77. The van der Waals surface area contributed by atoms with Crippen molar-refractivity contribution in [3.63, 3.8) is 0 Å². The molecule has 2 rings (SSSR count). The van der Waals surface area contributed by atoms with Gasteiger partial charge in [0.1, 0.15) is 19.3 Å². The predicted octanol–water partition coefficient (Wildman–Crippen LogP) is 1.01. The molecule has 0 atom stereocenters. The van der Waals surface area contributed by atoms with Gasteiger partial charge in [-0.25, -0.2) is 9.55 Å². The fourth-order valence-corrected chi connectivity index (χ4v) is 2.05. The highest BCUT2D eigenvalue weighted by Crippen LogP contribution is 2.13. The second-order valence-electron chi connectivity index (χ2n) is 4.82. The van der Waals surface area contributed by atoms with Crippen LogP contribution in [0.1, 0.15) is 17.8 Å². The van der Waals surface area contributed by atoms with Gasteiger partial charge in [-0.1, -0.05) is 0 Å². The molecule has 22 heavy (non-hydrogen) atoms. The van der Waals surface area contributed by atoms with Gasteiger partial charge in [-0.3, -0.25) is 9.48 Å². The molecule has 9 nitrogen and oxygen atoms in total. The lowest BCUT2D eigenvalue weighted by Crippen LogP contribution is -2.14. The Hall–Kier alpha value is -2.71. The van der Waals surface area contributed by atoms with E-state index in [2.05, 4.69) is 10.1 Å². The third-order valence-corrected chi connectivity index (χ3v) is 3.18. The fraction of sp³-hybridized carbons (Fsp3) is 0.462. The Morgan fingerprint density at radius 1 is 1.45 bits per heavy atom. The molecule has 2 heterocycles. The van der Waals surface area contributed by atoms with Crippen molar-refractivity contribution in [1.82, 2.24) is 19.3 Å². The lowest BCUT2D eigenvalue weighted by atomic mass is 10.2. The minimum Gasteiger partial charge on any atom is -0.461 e. The number of nitrogens with zero attached hydrogens (tertiary/aromatic N) is 5. The number of carbonyl (C=O) groups excluding carboxylic acids is 1. The molecule has 0 saturated carbocycles. The van der Waals surface area contributed by atoms with Crippen LogP contribution < -0.4 is 0 Å². The van der Waals surface area contributed by atoms with Crippen molar-refractivity contribution in [3.8, 4) is 0 Å². The van der Waals surface area contributed by atoms with Crippen LogP contribution in [0.3, 0.4) is 0 Å². The molecule has 2 aromatic heterocycles. The zero-order chi connectivity index (χ0) is 16.1. The molecule has 0 unspecified atom stereocenters. The molecule has 118 valence electrons. The van der Waals surface area contributed by atoms with Crippen LogP contribution in [0.25, 0.3) is 0 Å². The number of ether oxygens (including phenoxy) is 1. The van der Waals surface area contributed by atoms with E-state index in [4.69, 9.17) is 4.74 Å². The molecule has 0 radical (unpaired) electrons. The highest BCUT2D eigenvalue weighted by molar-refractivity contribution is 5.69. The minimum atomic E-state index is -0.510. The molecule has 0 bridgehead atoms. The molecule has 0 aliphatic carbocycles. The highest BCUT2D eigenvalue weighted by atomic mass is 16.6. The van der Waals surface area contributed by atoms with E-state index in [0.717, 1.165) is 5.56 Å². The third-order valence-electron chi connectivity index (χ3n) is 3.18. The average Bonchev–Trinajstić information content (AvgIpc) is 3.03. The normalized spacial score (nSPS) is 10.6. The first kappa shape index (κ1) is 15.7. The minimum absolute atomic E-state index is 0.0733. The van der Waals surface area contributed by atoms with Crippen molar-refractivity contribution >= 4 is 11.8 Å². The highest BCUT2D eigenvalue weighted by Gasteiger charge is 2.17. The molecular formula is C13H17N5O4. The van der Waals surface area contributed by atoms with Crippen LogP contribution in [-0.2, 0) is 29.5 Å². The monoisotopic (exact) mass is 307 g/mol. The lowest BCUT2D eigenvalue weighted by Gasteiger charge is -2.05. The van der Waals surface area contributed by atoms with E-state index >= 15 is 0 Å². The van der Waals surface area contributed by atoms with Gasteiger partial charge in [0.15, 0.2) is 5.82 Å². The Morgan fingerprint density at radius 2 is 2.23 bits per heavy atom. The smallest absolute Gasteiger partial charge is 0.342 e. The van der Waals surface area contributed by atoms with Crippen molar-refractivity contribution in [1.29, 1.82) is 0 Å². The maximum atomic E-state index is 11.6. The second kappa shape index (κ2) is 6.83. The maximum Gasteiger partial charge on any atom is 0.342 e. The van der Waals surface area contributed by atoms with Crippen LogP contribution in [0.5, 0.6) is 0 Å². The average molecular weight is 307 g/mol. The summed E-state index contributed by atoms with van der Waals surface area (Å²) in [7, 11) is 1.81. The number of hydrogen-bond donors (Lipinski definition) is 0. The van der Waals surface area contributed by atoms with Crippen LogP contribution in [-0.4, -0.2) is 36.8 Å². The van der Waals surface area contributed by atoms with Gasteiger partial charge in [-0.05, 0) is 16.9 Å². The molecule has 0 aliphatic heterocycles. The SMILES string of the molecule is Cc1ncc([N+](=O)[O-])n1CCOC(=O)CCc1cnn(C)c1. The van der Waals surface area contributed by atoms with Crippen LogP contribution in [0, 0.1) is 17.0 Å². The number of aromatic nitrogens is 4. The Kier molecular flexibility index (Phi) is 4.87. The summed E-state index contributed by atoms with van der Waals surface area (Å²) in [6, 6.07) is 0. The molecule has 0 saturated heterocycles. The van der Waals surface area contributed by atoms with Gasteiger partial charge in [-0.15, -0.1) is 0 Å². The zero-order valence-corrected chi connectivity index (χ0v) is 12.4. The van der Waals surface area contributed by atoms with Crippen LogP contribution in [0.4, 0.5) is 5.82 Å². The molecule has 0 fully saturated rings. The van der Waals surface area contributed by atoms with E-state index in [-0.39, 0.29) is 31.4 Å². The number of aryl methyl sites for hydroxylation is 3. The summed E-state index contributed by atoms with van der Waals surface area (Å²) in [5.41, 5.74) is 0.959. The number of imidazole rings is 1. The molecule has 0 aliphatic rings. The zero-order valence-electron chi connectivity index (χ0n) is 12.4. The van der Waals surface area contributed by atoms with Crippen molar-refractivity contribution < 1.29 is 14.5 Å². The molecule has 0 aromatic carbocycles. The summed E-state index contributed by atoms with van der Waals surface area (Å²) < 4.78 is 8.18. The number of nitro groups is 1. The Morgan fingerprint density at radius 3 is 2.86 bits per heavy atom. The van der Waals surface area contributed by atoms with E-state index in [9.17, 15) is 14.9 Å². The van der Waals surface area contributed by atoms with Crippen LogP contribution in [0.15, 0.2) is 18.6 Å². The van der Waals surface area contributed by atoms with Crippen molar-refractivity contribution in [2.24, 2.45) is 7.05 Å². The van der Waals surface area contributed by atoms with E-state index in [0.29, 0.717) is 12.2 Å². The third kappa shape index (κ3) is 3.90. The summed E-state index contributed by atoms with van der Waals surface area (Å²) in [6.07, 6.45) is 5.53. The summed E-state index contributed by atoms with van der Waals surface area (Å²) in [4.78, 5) is 25.8. The Bertz CT molecular complexity index is 676. The topological polar surface area (TPSA) is 105 Å². The van der Waals surface area contributed by atoms with Gasteiger partial charge in [0.05, 0.1) is 6.20 Å². The van der Waals surface area contributed by atoms with Crippen molar-refractivity contribution in [2.45, 2.75) is 26.3 Å². The van der Waals surface area contributed by atoms with Gasteiger partial charge < -0.3 is 14.9 Å². The predicted molar refractivity (Wildman–Crippen MR) is 76.1 cm³/mol. The van der Waals surface area contributed by atoms with E-state index in [1.54, 1.807) is 17.8 Å². The Labute approximate surface area is 126 Å². The van der Waals surface area contributed by atoms with Gasteiger partial charge in [-0.2, -0.15) is 5.10 Å². The Balaban J connectivity index is 1.77. The van der Waals surface area contributed by atoms with Crippen LogP contribution >= 0.6 is 0 Å². The first-order chi connectivity index (χ1) is 10.5. The van der Waals surface area contributed by atoms with E-state index in [1.807, 2.05) is 13.2 Å². The second-order valence-corrected chi connectivity index (χ2v) is 4.82. The standard InChI is InChI=1S/C13H17N5O4/c1-10-14-8-12(18(20)21)17(10)5-6-22-13(19)4-3-11-7-15-16(2)9-11/h7-9H,3-6H2,1-2H3. The van der Waals surface area contributed by atoms with Gasteiger partial charge >= 0.3 is 11.8 Å². The molecule has 2 aromatic rings. The number of rotatable bonds is 7. The molecule has 0 amide bonds. The van der Waals surface area contributed by atoms with E-state index < -0.39 is 4.92 Å². The van der Waals surface area contributed by atoms with Gasteiger partial charge in [0.25, 0.3) is 0 Å². The summed E-state index contributed by atoms with van der Waals surface area (Å²) >= 11 is 0. The molecule has 0 N–H and O–H groups in total. The molecule has 9 heteroatoms. The van der Waals surface area contributed by atoms with Gasteiger partial charge in [0.2, 0.25) is 0 Å². The van der Waals surface area contributed by atoms with Crippen molar-refractivity contribution in [2.75, 3.05) is 6.61 Å². The van der Waals surface area contributed by atoms with Crippen LogP contribution in [0.2, 0.25) is 0 Å². The van der Waals surface area contributed by atoms with E-state index in [1.165, 1.54) is 10.8 Å². The molecule has 0 spiro atoms. The molecular weight excluding hydrogens is 290 g/mol.